The molecule has 0 aliphatic rings. The zero-order chi connectivity index (χ0) is 9.54. The molecular weight excluding hydrogens is 160 g/mol. The van der Waals surface area contributed by atoms with E-state index >= 15 is 0 Å². The predicted octanol–water partition coefficient (Wildman–Crippen LogP) is 2.72. The van der Waals surface area contributed by atoms with Gasteiger partial charge in [-0.2, -0.15) is 0 Å². The Morgan fingerprint density at radius 1 is 1.08 bits per heavy atom. The molecule has 0 aliphatic heterocycles. The van der Waals surface area contributed by atoms with E-state index in [9.17, 15) is 0 Å². The Hall–Kier alpha value is -1.83. The van der Waals surface area contributed by atoms with Crippen LogP contribution in [0, 0.1) is 0 Å². The molecule has 0 radical (unpaired) electrons. The molecular formula is C11H8N2. The van der Waals surface area contributed by atoms with E-state index in [1.807, 2.05) is 30.3 Å². The number of hydrogen-bond acceptors (Lipinski definition) is 1. The first-order valence-corrected chi connectivity index (χ1v) is 4.18. The van der Waals surface area contributed by atoms with Gasteiger partial charge >= 0.3 is 0 Å². The van der Waals surface area contributed by atoms with Crippen molar-refractivity contribution in [3.8, 4) is 0 Å². The van der Waals surface area contributed by atoms with E-state index < -0.39 is 0 Å². The van der Waals surface area contributed by atoms with Gasteiger partial charge in [0.15, 0.2) is 0 Å². The van der Waals surface area contributed by atoms with Crippen molar-refractivity contribution >= 4 is 21.8 Å². The van der Waals surface area contributed by atoms with Crippen molar-refractivity contribution in [3.05, 3.63) is 42.7 Å². The SMILES string of the molecule is [2H]c1nccc2c1[nH]c1ccccc12. The molecule has 0 spiro atoms. The summed E-state index contributed by atoms with van der Waals surface area (Å²) in [5, 5.41) is 2.22. The number of hydrogen-bond donors (Lipinski definition) is 1. The van der Waals surface area contributed by atoms with Crippen molar-refractivity contribution < 1.29 is 1.37 Å². The zero-order valence-electron chi connectivity index (χ0n) is 7.91. The first kappa shape index (κ1) is 5.75. The van der Waals surface area contributed by atoms with E-state index in [0.29, 0.717) is 6.17 Å². The van der Waals surface area contributed by atoms with Crippen LogP contribution >= 0.6 is 0 Å². The van der Waals surface area contributed by atoms with Crippen LogP contribution < -0.4 is 0 Å². The van der Waals surface area contributed by atoms with Gasteiger partial charge in [0.2, 0.25) is 0 Å². The molecule has 0 atom stereocenters. The van der Waals surface area contributed by atoms with Gasteiger partial charge in [-0.3, -0.25) is 4.98 Å². The van der Waals surface area contributed by atoms with Crippen molar-refractivity contribution in [1.29, 1.82) is 0 Å². The Bertz CT molecular complexity index is 613. The Labute approximate surface area is 76.6 Å². The number of aromatic amines is 1. The molecule has 13 heavy (non-hydrogen) atoms. The maximum atomic E-state index is 7.65. The van der Waals surface area contributed by atoms with Gasteiger partial charge in [0.05, 0.1) is 13.1 Å². The van der Waals surface area contributed by atoms with E-state index in [0.717, 1.165) is 21.8 Å². The van der Waals surface area contributed by atoms with E-state index in [1.54, 1.807) is 6.20 Å². The number of nitrogens with one attached hydrogen (secondary N) is 1. The Kier molecular flexibility index (Phi) is 1.03. The third-order valence-corrected chi connectivity index (χ3v) is 2.24. The minimum absolute atomic E-state index is 0.304. The molecule has 0 saturated heterocycles. The molecule has 0 amide bonds. The number of pyridine rings is 1. The number of benzene rings is 1. The van der Waals surface area contributed by atoms with Crippen LogP contribution in [0.1, 0.15) is 1.37 Å². The molecule has 2 aromatic heterocycles. The number of nitrogens with zero attached hydrogens (tertiary/aromatic N) is 1. The highest BCUT2D eigenvalue weighted by Gasteiger charge is 2.00. The number of para-hydroxylation sites is 1. The van der Waals surface area contributed by atoms with E-state index in [4.69, 9.17) is 1.37 Å². The van der Waals surface area contributed by atoms with Crippen LogP contribution in [0.3, 0.4) is 0 Å². The van der Waals surface area contributed by atoms with Crippen LogP contribution in [0.4, 0.5) is 0 Å². The van der Waals surface area contributed by atoms with Gasteiger partial charge in [0.1, 0.15) is 0 Å². The molecule has 1 N–H and O–H groups in total. The van der Waals surface area contributed by atoms with Crippen molar-refractivity contribution in [3.63, 3.8) is 0 Å². The second-order valence-corrected chi connectivity index (χ2v) is 3.02. The minimum atomic E-state index is 0.304. The lowest BCUT2D eigenvalue weighted by molar-refractivity contribution is 1.35. The van der Waals surface area contributed by atoms with Crippen LogP contribution in [0.25, 0.3) is 21.8 Å². The van der Waals surface area contributed by atoms with E-state index in [2.05, 4.69) is 9.97 Å². The van der Waals surface area contributed by atoms with Crippen LogP contribution in [0.5, 0.6) is 0 Å². The zero-order valence-corrected chi connectivity index (χ0v) is 6.91. The highest BCUT2D eigenvalue weighted by molar-refractivity contribution is 6.06. The van der Waals surface area contributed by atoms with Gasteiger partial charge in [-0.1, -0.05) is 18.2 Å². The highest BCUT2D eigenvalue weighted by Crippen LogP contribution is 2.23. The molecule has 2 heteroatoms. The molecule has 0 fully saturated rings. The number of H-pyrrole nitrogens is 1. The monoisotopic (exact) mass is 169 g/mol. The smallest absolute Gasteiger partial charge is 0.0863 e. The van der Waals surface area contributed by atoms with Crippen molar-refractivity contribution in [1.82, 2.24) is 9.97 Å². The Morgan fingerprint density at radius 2 is 1.92 bits per heavy atom. The van der Waals surface area contributed by atoms with Crippen LogP contribution in [-0.2, 0) is 0 Å². The summed E-state index contributed by atoms with van der Waals surface area (Å²) in [6, 6.07) is 9.98. The first-order chi connectivity index (χ1) is 6.86. The molecule has 0 unspecified atom stereocenters. The van der Waals surface area contributed by atoms with Gasteiger partial charge in [0.25, 0.3) is 0 Å². The Morgan fingerprint density at radius 3 is 2.92 bits per heavy atom. The van der Waals surface area contributed by atoms with Crippen molar-refractivity contribution in [2.45, 2.75) is 0 Å². The second kappa shape index (κ2) is 2.33. The minimum Gasteiger partial charge on any atom is -0.353 e. The molecule has 0 saturated carbocycles. The molecule has 1 aromatic carbocycles. The lowest BCUT2D eigenvalue weighted by Gasteiger charge is -1.87. The molecule has 3 rings (SSSR count). The molecule has 0 aliphatic carbocycles. The third kappa shape index (κ3) is 0.855. The summed E-state index contributed by atoms with van der Waals surface area (Å²) in [6.45, 7) is 0. The highest BCUT2D eigenvalue weighted by atomic mass is 14.7. The average molecular weight is 169 g/mol. The summed E-state index contributed by atoms with van der Waals surface area (Å²) in [4.78, 5) is 7.13. The number of aromatic nitrogens is 2. The van der Waals surface area contributed by atoms with E-state index in [1.165, 1.54) is 0 Å². The number of rotatable bonds is 0. The van der Waals surface area contributed by atoms with Crippen molar-refractivity contribution in [2.75, 3.05) is 0 Å². The van der Waals surface area contributed by atoms with Crippen LogP contribution in [0.15, 0.2) is 42.7 Å². The predicted molar refractivity (Wildman–Crippen MR) is 53.6 cm³/mol. The fraction of sp³-hybridized carbons (Fsp3) is 0. The molecule has 2 nitrogen and oxygen atoms in total. The van der Waals surface area contributed by atoms with E-state index in [-0.39, 0.29) is 0 Å². The molecule has 0 bridgehead atoms. The Balaban J connectivity index is 2.63. The van der Waals surface area contributed by atoms with Gasteiger partial charge in [-0.05, 0) is 12.1 Å². The fourth-order valence-corrected chi connectivity index (χ4v) is 1.64. The van der Waals surface area contributed by atoms with Gasteiger partial charge in [-0.15, -0.1) is 0 Å². The summed E-state index contributed by atoms with van der Waals surface area (Å²) in [7, 11) is 0. The quantitative estimate of drug-likeness (QED) is 0.550. The maximum absolute atomic E-state index is 7.65. The second-order valence-electron chi connectivity index (χ2n) is 3.02. The summed E-state index contributed by atoms with van der Waals surface area (Å²) in [5.74, 6) is 0. The topological polar surface area (TPSA) is 28.7 Å². The summed E-state index contributed by atoms with van der Waals surface area (Å²) >= 11 is 0. The summed E-state index contributed by atoms with van der Waals surface area (Å²) < 4.78 is 7.65. The largest absolute Gasteiger partial charge is 0.353 e. The first-order valence-electron chi connectivity index (χ1n) is 4.68. The van der Waals surface area contributed by atoms with Crippen molar-refractivity contribution in [2.24, 2.45) is 0 Å². The van der Waals surface area contributed by atoms with Crippen LogP contribution in [0.2, 0.25) is 0 Å². The standard InChI is InChI=1S/C11H8N2/c1-2-4-10-8(3-1)9-5-6-12-7-11(9)13-10/h1-7,13H/i7D. The number of fused-ring (bicyclic) bond motifs is 3. The van der Waals surface area contributed by atoms with Gasteiger partial charge in [-0.25, -0.2) is 0 Å². The van der Waals surface area contributed by atoms with Gasteiger partial charge in [0, 0.05) is 22.5 Å². The fourth-order valence-electron chi connectivity index (χ4n) is 1.64. The molecule has 62 valence electrons. The average Bonchev–Trinajstić information content (AvgIpc) is 2.59. The molecule has 3 aromatic rings. The lowest BCUT2D eigenvalue weighted by Crippen LogP contribution is -1.68. The maximum Gasteiger partial charge on any atom is 0.0863 e. The summed E-state index contributed by atoms with van der Waals surface area (Å²) in [6.07, 6.45) is 1.98. The molecule has 2 heterocycles. The summed E-state index contributed by atoms with van der Waals surface area (Å²) in [5.41, 5.74) is 1.87. The van der Waals surface area contributed by atoms with Crippen LogP contribution in [-0.4, -0.2) is 9.97 Å². The normalized spacial score (nSPS) is 12.2. The lowest BCUT2D eigenvalue weighted by atomic mass is 10.2. The third-order valence-electron chi connectivity index (χ3n) is 2.24. The van der Waals surface area contributed by atoms with Gasteiger partial charge < -0.3 is 4.98 Å².